The molecule has 0 aliphatic rings. The van der Waals surface area contributed by atoms with Crippen LogP contribution in [0.1, 0.15) is 27.0 Å². The number of aromatic carboxylic acids is 1. The summed E-state index contributed by atoms with van der Waals surface area (Å²) >= 11 is 0. The number of aryl methyl sites for hydroxylation is 2. The molecule has 5 rings (SSSR count). The van der Waals surface area contributed by atoms with Crippen molar-refractivity contribution in [2.45, 2.75) is 27.1 Å². The van der Waals surface area contributed by atoms with Gasteiger partial charge in [0.05, 0.1) is 16.5 Å². The second-order valence-electron chi connectivity index (χ2n) is 8.33. The molecule has 0 aliphatic heterocycles. The van der Waals surface area contributed by atoms with Crippen molar-refractivity contribution in [3.8, 4) is 23.0 Å². The molecular formula is C28H21F2NO5. The van der Waals surface area contributed by atoms with Crippen molar-refractivity contribution >= 4 is 27.8 Å². The average Bonchev–Trinajstić information content (AvgIpc) is 3.20. The zero-order valence-corrected chi connectivity index (χ0v) is 19.4. The minimum Gasteiger partial charge on any atom is -0.488 e. The monoisotopic (exact) mass is 489 g/mol. The maximum Gasteiger partial charge on any atom is 0.387 e. The van der Waals surface area contributed by atoms with Gasteiger partial charge < -0.3 is 19.0 Å². The van der Waals surface area contributed by atoms with E-state index in [0.717, 1.165) is 16.5 Å². The summed E-state index contributed by atoms with van der Waals surface area (Å²) in [5.41, 5.74) is 4.00. The first-order chi connectivity index (χ1) is 17.3. The second-order valence-corrected chi connectivity index (χ2v) is 8.33. The Morgan fingerprint density at radius 3 is 2.50 bits per heavy atom. The van der Waals surface area contributed by atoms with Crippen LogP contribution in [0.4, 0.5) is 8.78 Å². The standard InChI is InChI=1S/C28H21F2NO5/c1-15-7-12-23(34-14-17-8-10-18(11-9-17)35-28(29)30)24-20(27(32)33)13-21(31-25(15)24)26-16(2)19-5-3-4-6-22(19)36-26/h3-13,28H,14H2,1-2H3,(H,32,33). The van der Waals surface area contributed by atoms with Crippen LogP contribution in [-0.4, -0.2) is 22.7 Å². The number of ether oxygens (including phenoxy) is 2. The van der Waals surface area contributed by atoms with Gasteiger partial charge in [0, 0.05) is 10.9 Å². The van der Waals surface area contributed by atoms with Gasteiger partial charge in [-0.3, -0.25) is 0 Å². The summed E-state index contributed by atoms with van der Waals surface area (Å²) < 4.78 is 41.1. The van der Waals surface area contributed by atoms with Gasteiger partial charge in [-0.1, -0.05) is 36.4 Å². The van der Waals surface area contributed by atoms with Crippen molar-refractivity contribution in [3.05, 3.63) is 89.0 Å². The van der Waals surface area contributed by atoms with E-state index < -0.39 is 12.6 Å². The Bertz CT molecular complexity index is 1590. The normalized spacial score (nSPS) is 11.4. The highest BCUT2D eigenvalue weighted by atomic mass is 19.3. The molecule has 0 atom stereocenters. The van der Waals surface area contributed by atoms with Crippen molar-refractivity contribution in [1.29, 1.82) is 0 Å². The molecule has 2 heterocycles. The maximum atomic E-state index is 12.4. The summed E-state index contributed by atoms with van der Waals surface area (Å²) in [7, 11) is 0. The van der Waals surface area contributed by atoms with E-state index in [4.69, 9.17) is 14.1 Å². The average molecular weight is 489 g/mol. The maximum absolute atomic E-state index is 12.4. The van der Waals surface area contributed by atoms with Crippen LogP contribution in [-0.2, 0) is 6.61 Å². The molecule has 0 unspecified atom stereocenters. The molecule has 0 saturated carbocycles. The number of rotatable bonds is 7. The van der Waals surface area contributed by atoms with E-state index in [9.17, 15) is 18.7 Å². The van der Waals surface area contributed by atoms with Crippen molar-refractivity contribution in [3.63, 3.8) is 0 Å². The first kappa shape index (κ1) is 23.3. The third-order valence-electron chi connectivity index (χ3n) is 5.97. The Morgan fingerprint density at radius 2 is 1.81 bits per heavy atom. The number of hydrogen-bond donors (Lipinski definition) is 1. The Hall–Kier alpha value is -4.46. The molecule has 1 N–H and O–H groups in total. The van der Waals surface area contributed by atoms with Crippen LogP contribution >= 0.6 is 0 Å². The van der Waals surface area contributed by atoms with Crippen LogP contribution < -0.4 is 9.47 Å². The molecule has 36 heavy (non-hydrogen) atoms. The number of para-hydroxylation sites is 1. The van der Waals surface area contributed by atoms with Gasteiger partial charge in [0.1, 0.15) is 29.4 Å². The molecule has 0 amide bonds. The SMILES string of the molecule is Cc1c(-c2cc(C(=O)O)c3c(OCc4ccc(OC(F)F)cc4)ccc(C)c3n2)oc2ccccc12. The molecule has 0 bridgehead atoms. The molecule has 2 aromatic heterocycles. The Kier molecular flexibility index (Phi) is 6.01. The Labute approximate surface area is 204 Å². The Balaban J connectivity index is 1.55. The van der Waals surface area contributed by atoms with Crippen LogP contribution in [0.15, 0.2) is 71.1 Å². The number of carboxylic acid groups (broad SMARTS) is 1. The van der Waals surface area contributed by atoms with Crippen LogP contribution in [0.5, 0.6) is 11.5 Å². The number of fused-ring (bicyclic) bond motifs is 2. The number of aromatic nitrogens is 1. The zero-order valence-electron chi connectivity index (χ0n) is 19.4. The summed E-state index contributed by atoms with van der Waals surface area (Å²) in [5.74, 6) is -0.222. The van der Waals surface area contributed by atoms with Gasteiger partial charge in [-0.05, 0) is 55.3 Å². The van der Waals surface area contributed by atoms with Gasteiger partial charge in [0.2, 0.25) is 0 Å². The van der Waals surface area contributed by atoms with E-state index in [0.29, 0.717) is 39.3 Å². The lowest BCUT2D eigenvalue weighted by Gasteiger charge is -2.14. The Morgan fingerprint density at radius 1 is 1.06 bits per heavy atom. The lowest BCUT2D eigenvalue weighted by molar-refractivity contribution is -0.0498. The molecule has 6 nitrogen and oxygen atoms in total. The fraction of sp³-hybridized carbons (Fsp3) is 0.143. The molecule has 0 saturated heterocycles. The van der Waals surface area contributed by atoms with Crippen molar-refractivity contribution in [2.24, 2.45) is 0 Å². The first-order valence-electron chi connectivity index (χ1n) is 11.1. The van der Waals surface area contributed by atoms with Crippen molar-refractivity contribution < 1.29 is 32.6 Å². The fourth-order valence-corrected chi connectivity index (χ4v) is 4.19. The van der Waals surface area contributed by atoms with E-state index in [-0.39, 0.29) is 17.9 Å². The molecule has 0 fully saturated rings. The minimum atomic E-state index is -2.90. The summed E-state index contributed by atoms with van der Waals surface area (Å²) in [6, 6.07) is 18.6. The fourth-order valence-electron chi connectivity index (χ4n) is 4.19. The number of benzene rings is 3. The van der Waals surface area contributed by atoms with E-state index in [1.807, 2.05) is 44.2 Å². The number of carbonyl (C=O) groups is 1. The van der Waals surface area contributed by atoms with Crippen LogP contribution in [0, 0.1) is 13.8 Å². The highest BCUT2D eigenvalue weighted by Crippen LogP contribution is 2.37. The molecule has 0 radical (unpaired) electrons. The zero-order chi connectivity index (χ0) is 25.4. The number of carboxylic acids is 1. The van der Waals surface area contributed by atoms with Crippen LogP contribution in [0.3, 0.4) is 0 Å². The van der Waals surface area contributed by atoms with Gasteiger partial charge in [-0.2, -0.15) is 8.78 Å². The van der Waals surface area contributed by atoms with E-state index in [1.165, 1.54) is 18.2 Å². The molecule has 3 aromatic carbocycles. The number of halogens is 2. The van der Waals surface area contributed by atoms with Gasteiger partial charge in [0.25, 0.3) is 0 Å². The van der Waals surface area contributed by atoms with Crippen molar-refractivity contribution in [1.82, 2.24) is 4.98 Å². The molecule has 0 aliphatic carbocycles. The molecule has 0 spiro atoms. The lowest BCUT2D eigenvalue weighted by atomic mass is 10.0. The van der Waals surface area contributed by atoms with E-state index >= 15 is 0 Å². The summed E-state index contributed by atoms with van der Waals surface area (Å²) in [6.45, 7) is 0.955. The van der Waals surface area contributed by atoms with Crippen molar-refractivity contribution in [2.75, 3.05) is 0 Å². The summed E-state index contributed by atoms with van der Waals surface area (Å²) in [5, 5.41) is 11.4. The second kappa shape index (κ2) is 9.30. The molecule has 182 valence electrons. The van der Waals surface area contributed by atoms with Gasteiger partial charge in [-0.25, -0.2) is 9.78 Å². The number of alkyl halides is 2. The molecule has 8 heteroatoms. The highest BCUT2D eigenvalue weighted by molar-refractivity contribution is 6.07. The third kappa shape index (κ3) is 4.33. The minimum absolute atomic E-state index is 0.0363. The third-order valence-corrected chi connectivity index (χ3v) is 5.97. The van der Waals surface area contributed by atoms with E-state index in [1.54, 1.807) is 18.2 Å². The van der Waals surface area contributed by atoms with Gasteiger partial charge in [0.15, 0.2) is 5.76 Å². The van der Waals surface area contributed by atoms with Crippen LogP contribution in [0.2, 0.25) is 0 Å². The lowest BCUT2D eigenvalue weighted by Crippen LogP contribution is -2.05. The summed E-state index contributed by atoms with van der Waals surface area (Å²) in [6.07, 6.45) is 0. The number of nitrogens with zero attached hydrogens (tertiary/aromatic N) is 1. The largest absolute Gasteiger partial charge is 0.488 e. The smallest absolute Gasteiger partial charge is 0.387 e. The molecule has 5 aromatic rings. The topological polar surface area (TPSA) is 81.8 Å². The molecular weight excluding hydrogens is 468 g/mol. The summed E-state index contributed by atoms with van der Waals surface area (Å²) in [4.78, 5) is 17.1. The predicted molar refractivity (Wildman–Crippen MR) is 131 cm³/mol. The van der Waals surface area contributed by atoms with Gasteiger partial charge >= 0.3 is 12.6 Å². The number of hydrogen-bond acceptors (Lipinski definition) is 5. The quantitative estimate of drug-likeness (QED) is 0.262. The van der Waals surface area contributed by atoms with E-state index in [2.05, 4.69) is 4.74 Å². The van der Waals surface area contributed by atoms with Crippen LogP contribution in [0.25, 0.3) is 33.3 Å². The first-order valence-corrected chi connectivity index (χ1v) is 11.1. The number of pyridine rings is 1. The predicted octanol–water partition coefficient (Wildman–Crippen LogP) is 7.14. The van der Waals surface area contributed by atoms with Gasteiger partial charge in [-0.15, -0.1) is 0 Å². The highest BCUT2D eigenvalue weighted by Gasteiger charge is 2.21. The number of furan rings is 1.